The number of nitrogens with zero attached hydrogens (tertiary/aromatic N) is 1. The molecule has 0 aliphatic carbocycles. The van der Waals surface area contributed by atoms with Gasteiger partial charge in [0.15, 0.2) is 0 Å². The number of nitrogens with two attached hydrogens (primary N) is 1. The summed E-state index contributed by atoms with van der Waals surface area (Å²) in [6, 6.07) is 3.90. The Kier molecular flexibility index (Phi) is 5.47. The van der Waals surface area contributed by atoms with Gasteiger partial charge in [-0.2, -0.15) is 13.2 Å². The summed E-state index contributed by atoms with van der Waals surface area (Å²) < 4.78 is 38.0. The molecule has 108 valence electrons. The van der Waals surface area contributed by atoms with Crippen molar-refractivity contribution in [2.24, 2.45) is 0 Å². The molecule has 0 fully saturated rings. The normalized spacial score (nSPS) is 11.9. The number of nitrogen functional groups attached to an aromatic ring is 1. The Morgan fingerprint density at radius 3 is 2.37 bits per heavy atom. The fourth-order valence-electron chi connectivity index (χ4n) is 1.81. The fraction of sp³-hybridized carbons (Fsp3) is 0.538. The summed E-state index contributed by atoms with van der Waals surface area (Å²) in [5.74, 6) is 0. The Balaban J connectivity index is 2.65. The van der Waals surface area contributed by atoms with E-state index in [0.717, 1.165) is 25.7 Å². The van der Waals surface area contributed by atoms with Crippen LogP contribution in [0, 0.1) is 0 Å². The lowest BCUT2D eigenvalue weighted by Crippen LogP contribution is -2.28. The molecular formula is C13H20F3N3. The topological polar surface area (TPSA) is 41.3 Å². The van der Waals surface area contributed by atoms with Gasteiger partial charge in [0.25, 0.3) is 0 Å². The molecule has 3 N–H and O–H groups in total. The van der Waals surface area contributed by atoms with E-state index < -0.39 is 11.7 Å². The molecule has 1 aromatic rings. The molecule has 0 unspecified atom stereocenters. The lowest BCUT2D eigenvalue weighted by Gasteiger charge is -2.19. The number of benzene rings is 1. The molecule has 0 saturated carbocycles. The molecule has 0 radical (unpaired) electrons. The first kappa shape index (κ1) is 15.6. The van der Waals surface area contributed by atoms with Gasteiger partial charge in [0.05, 0.1) is 5.56 Å². The highest BCUT2D eigenvalue weighted by Gasteiger charge is 2.33. The summed E-state index contributed by atoms with van der Waals surface area (Å²) >= 11 is 0. The van der Waals surface area contributed by atoms with E-state index in [9.17, 15) is 13.2 Å². The second-order valence-corrected chi connectivity index (χ2v) is 4.25. The van der Waals surface area contributed by atoms with Crippen LogP contribution in [0.2, 0.25) is 0 Å². The van der Waals surface area contributed by atoms with Gasteiger partial charge >= 0.3 is 6.18 Å². The quantitative estimate of drug-likeness (QED) is 0.784. The Hall–Kier alpha value is -1.43. The van der Waals surface area contributed by atoms with Crippen LogP contribution >= 0.6 is 0 Å². The third-order valence-electron chi connectivity index (χ3n) is 3.01. The van der Waals surface area contributed by atoms with Crippen LogP contribution in [0.4, 0.5) is 24.5 Å². The maximum atomic E-state index is 12.7. The van der Waals surface area contributed by atoms with E-state index in [2.05, 4.69) is 24.1 Å². The van der Waals surface area contributed by atoms with E-state index in [1.54, 1.807) is 6.07 Å². The first-order chi connectivity index (χ1) is 8.88. The first-order valence-electron chi connectivity index (χ1n) is 6.31. The lowest BCUT2D eigenvalue weighted by molar-refractivity contribution is -0.136. The van der Waals surface area contributed by atoms with Gasteiger partial charge in [0.1, 0.15) is 0 Å². The minimum Gasteiger partial charge on any atom is -0.398 e. The molecule has 6 heteroatoms. The zero-order valence-electron chi connectivity index (χ0n) is 11.2. The van der Waals surface area contributed by atoms with Crippen molar-refractivity contribution in [2.75, 3.05) is 37.2 Å². The number of likely N-dealkylation sites (N-methyl/N-ethyl adjacent to an activating group) is 1. The molecule has 0 bridgehead atoms. The van der Waals surface area contributed by atoms with Crippen LogP contribution in [0.5, 0.6) is 0 Å². The molecule has 0 saturated heterocycles. The van der Waals surface area contributed by atoms with Crippen LogP contribution < -0.4 is 11.1 Å². The van der Waals surface area contributed by atoms with Crippen molar-refractivity contribution in [3.05, 3.63) is 23.8 Å². The predicted octanol–water partition coefficient (Wildman–Crippen LogP) is 3.04. The molecule has 3 nitrogen and oxygen atoms in total. The van der Waals surface area contributed by atoms with Crippen LogP contribution in [0.25, 0.3) is 0 Å². The maximum absolute atomic E-state index is 12.7. The van der Waals surface area contributed by atoms with Crippen LogP contribution in [-0.2, 0) is 6.18 Å². The van der Waals surface area contributed by atoms with Crippen molar-refractivity contribution in [1.82, 2.24) is 4.90 Å². The van der Waals surface area contributed by atoms with E-state index in [0.29, 0.717) is 12.2 Å². The molecule has 0 amide bonds. The van der Waals surface area contributed by atoms with Crippen molar-refractivity contribution >= 4 is 11.4 Å². The lowest BCUT2D eigenvalue weighted by atomic mass is 10.1. The summed E-state index contributed by atoms with van der Waals surface area (Å²) in [6.45, 7) is 7.34. The zero-order chi connectivity index (χ0) is 14.5. The van der Waals surface area contributed by atoms with Gasteiger partial charge in [-0.05, 0) is 31.3 Å². The monoisotopic (exact) mass is 275 g/mol. The summed E-state index contributed by atoms with van der Waals surface area (Å²) in [4.78, 5) is 2.19. The number of anilines is 2. The van der Waals surface area contributed by atoms with E-state index in [4.69, 9.17) is 5.73 Å². The molecule has 1 aromatic carbocycles. The van der Waals surface area contributed by atoms with Gasteiger partial charge in [-0.3, -0.25) is 0 Å². The number of nitrogens with one attached hydrogen (secondary N) is 1. The first-order valence-corrected chi connectivity index (χ1v) is 6.31. The van der Waals surface area contributed by atoms with E-state index in [-0.39, 0.29) is 5.69 Å². The second kappa shape index (κ2) is 6.65. The van der Waals surface area contributed by atoms with Crippen LogP contribution in [0.3, 0.4) is 0 Å². The van der Waals surface area contributed by atoms with E-state index >= 15 is 0 Å². The Labute approximate surface area is 111 Å². The van der Waals surface area contributed by atoms with E-state index in [1.165, 1.54) is 6.07 Å². The number of halogens is 3. The number of hydrogen-bond acceptors (Lipinski definition) is 3. The van der Waals surface area contributed by atoms with Crippen molar-refractivity contribution in [3.63, 3.8) is 0 Å². The predicted molar refractivity (Wildman–Crippen MR) is 72.1 cm³/mol. The summed E-state index contributed by atoms with van der Waals surface area (Å²) in [7, 11) is 0. The standard InChI is InChI=1S/C13H20F3N3/c1-3-19(4-2)8-7-18-10-5-6-12(17)11(9-10)13(14,15)16/h5-6,9,18H,3-4,7-8,17H2,1-2H3. The Morgan fingerprint density at radius 2 is 1.84 bits per heavy atom. The van der Waals surface area contributed by atoms with Gasteiger partial charge in [0.2, 0.25) is 0 Å². The average molecular weight is 275 g/mol. The molecule has 0 atom stereocenters. The molecule has 0 aliphatic rings. The van der Waals surface area contributed by atoms with Crippen molar-refractivity contribution in [2.45, 2.75) is 20.0 Å². The molecule has 0 aliphatic heterocycles. The minimum atomic E-state index is -4.42. The van der Waals surface area contributed by atoms with Gasteiger partial charge in [-0.1, -0.05) is 13.8 Å². The molecule has 0 aromatic heterocycles. The Bertz CT molecular complexity index is 401. The Morgan fingerprint density at radius 1 is 1.21 bits per heavy atom. The highest BCUT2D eigenvalue weighted by Crippen LogP contribution is 2.34. The number of hydrogen-bond donors (Lipinski definition) is 2. The molecule has 0 heterocycles. The zero-order valence-corrected chi connectivity index (χ0v) is 11.2. The fourth-order valence-corrected chi connectivity index (χ4v) is 1.81. The van der Waals surface area contributed by atoms with Crippen LogP contribution in [-0.4, -0.2) is 31.1 Å². The molecular weight excluding hydrogens is 255 g/mol. The average Bonchev–Trinajstić information content (AvgIpc) is 2.35. The van der Waals surface area contributed by atoms with Crippen LogP contribution in [0.15, 0.2) is 18.2 Å². The summed E-state index contributed by atoms with van der Waals surface area (Å²) in [5, 5.41) is 2.99. The number of alkyl halides is 3. The summed E-state index contributed by atoms with van der Waals surface area (Å²) in [5.41, 5.74) is 4.74. The van der Waals surface area contributed by atoms with Crippen LogP contribution in [0.1, 0.15) is 19.4 Å². The van der Waals surface area contributed by atoms with Crippen molar-refractivity contribution < 1.29 is 13.2 Å². The van der Waals surface area contributed by atoms with Gasteiger partial charge in [-0.25, -0.2) is 0 Å². The smallest absolute Gasteiger partial charge is 0.398 e. The third-order valence-corrected chi connectivity index (χ3v) is 3.01. The van der Waals surface area contributed by atoms with Gasteiger partial charge < -0.3 is 16.0 Å². The van der Waals surface area contributed by atoms with Gasteiger partial charge in [0, 0.05) is 24.5 Å². The highest BCUT2D eigenvalue weighted by atomic mass is 19.4. The highest BCUT2D eigenvalue weighted by molar-refractivity contribution is 5.58. The number of rotatable bonds is 6. The molecule has 1 rings (SSSR count). The van der Waals surface area contributed by atoms with Crippen molar-refractivity contribution in [1.29, 1.82) is 0 Å². The second-order valence-electron chi connectivity index (χ2n) is 4.25. The molecule has 19 heavy (non-hydrogen) atoms. The van der Waals surface area contributed by atoms with E-state index in [1.807, 2.05) is 0 Å². The maximum Gasteiger partial charge on any atom is 0.418 e. The minimum absolute atomic E-state index is 0.248. The third kappa shape index (κ3) is 4.63. The summed E-state index contributed by atoms with van der Waals surface area (Å²) in [6.07, 6.45) is -4.42. The largest absolute Gasteiger partial charge is 0.418 e. The molecule has 0 spiro atoms. The van der Waals surface area contributed by atoms with Crippen molar-refractivity contribution in [3.8, 4) is 0 Å². The SMILES string of the molecule is CCN(CC)CCNc1ccc(N)c(C(F)(F)F)c1. The van der Waals surface area contributed by atoms with Gasteiger partial charge in [-0.15, -0.1) is 0 Å².